The molecule has 0 fully saturated rings. The van der Waals surface area contributed by atoms with Gasteiger partial charge in [-0.05, 0) is 46.8 Å². The number of hydrogen-bond acceptors (Lipinski definition) is 4. The summed E-state index contributed by atoms with van der Waals surface area (Å²) in [7, 11) is 0. The number of halogens is 1. The Balaban J connectivity index is 2.82. The van der Waals surface area contributed by atoms with E-state index in [2.05, 4.69) is 17.2 Å². The normalized spacial score (nSPS) is 13.3. The highest BCUT2D eigenvalue weighted by molar-refractivity contribution is 5.68. The van der Waals surface area contributed by atoms with Gasteiger partial charge in [-0.15, -0.1) is 0 Å². The van der Waals surface area contributed by atoms with Crippen molar-refractivity contribution < 1.29 is 23.8 Å². The molecule has 0 aliphatic heterocycles. The van der Waals surface area contributed by atoms with Gasteiger partial charge in [-0.2, -0.15) is 0 Å². The van der Waals surface area contributed by atoms with Gasteiger partial charge in [-0.1, -0.05) is 11.8 Å². The molecule has 0 saturated carbocycles. The van der Waals surface area contributed by atoms with Gasteiger partial charge in [0, 0.05) is 6.07 Å². The summed E-state index contributed by atoms with van der Waals surface area (Å²) in [5, 5.41) is 11.6. The van der Waals surface area contributed by atoms with E-state index in [-0.39, 0.29) is 12.4 Å². The number of ether oxygens (including phenoxy) is 2. The molecule has 1 rings (SSSR count). The molecule has 1 aromatic rings. The van der Waals surface area contributed by atoms with Crippen LogP contribution in [0.15, 0.2) is 18.2 Å². The summed E-state index contributed by atoms with van der Waals surface area (Å²) in [6.45, 7) is 8.49. The number of aliphatic hydroxyl groups is 1. The van der Waals surface area contributed by atoms with E-state index >= 15 is 0 Å². The van der Waals surface area contributed by atoms with Crippen molar-refractivity contribution in [1.29, 1.82) is 0 Å². The monoisotopic (exact) mass is 337 g/mol. The molecule has 0 unspecified atom stereocenters. The molecule has 0 heterocycles. The van der Waals surface area contributed by atoms with E-state index in [0.717, 1.165) is 0 Å². The SMILES string of the molecule is C[C@@H](C#Cc1ccc(F)cc1O[C@@H](C)CO)NC(=O)OC(C)(C)C. The molecule has 0 bridgehead atoms. The van der Waals surface area contributed by atoms with Crippen LogP contribution in [0, 0.1) is 17.7 Å². The van der Waals surface area contributed by atoms with Gasteiger partial charge in [0.05, 0.1) is 18.2 Å². The summed E-state index contributed by atoms with van der Waals surface area (Å²) in [5.74, 6) is 5.47. The predicted octanol–water partition coefficient (Wildman–Crippen LogP) is 2.85. The lowest BCUT2D eigenvalue weighted by molar-refractivity contribution is 0.0519. The first-order valence-corrected chi connectivity index (χ1v) is 7.69. The van der Waals surface area contributed by atoms with Crippen molar-refractivity contribution in [1.82, 2.24) is 5.32 Å². The Hall–Kier alpha value is -2.26. The molecule has 2 N–H and O–H groups in total. The molecule has 0 aromatic heterocycles. The minimum Gasteiger partial charge on any atom is -0.487 e. The summed E-state index contributed by atoms with van der Waals surface area (Å²) in [4.78, 5) is 11.7. The molecule has 2 atom stereocenters. The van der Waals surface area contributed by atoms with Crippen molar-refractivity contribution in [3.8, 4) is 17.6 Å². The molecule has 24 heavy (non-hydrogen) atoms. The van der Waals surface area contributed by atoms with Crippen LogP contribution in [0.1, 0.15) is 40.2 Å². The summed E-state index contributed by atoms with van der Waals surface area (Å²) < 4.78 is 24.0. The van der Waals surface area contributed by atoms with Gasteiger partial charge in [0.2, 0.25) is 0 Å². The van der Waals surface area contributed by atoms with Crippen LogP contribution in [0.5, 0.6) is 5.75 Å². The third-order valence-electron chi connectivity index (χ3n) is 2.69. The third kappa shape index (κ3) is 7.34. The van der Waals surface area contributed by atoms with Crippen LogP contribution in [-0.4, -0.2) is 35.6 Å². The van der Waals surface area contributed by atoms with Gasteiger partial charge >= 0.3 is 6.09 Å². The molecule has 0 spiro atoms. The highest BCUT2D eigenvalue weighted by Gasteiger charge is 2.17. The van der Waals surface area contributed by atoms with E-state index in [9.17, 15) is 9.18 Å². The lowest BCUT2D eigenvalue weighted by atomic mass is 10.2. The maximum Gasteiger partial charge on any atom is 0.408 e. The average Bonchev–Trinajstić information content (AvgIpc) is 2.44. The topological polar surface area (TPSA) is 67.8 Å². The first-order chi connectivity index (χ1) is 11.1. The Morgan fingerprint density at radius 2 is 2.04 bits per heavy atom. The van der Waals surface area contributed by atoms with Gasteiger partial charge in [0.25, 0.3) is 0 Å². The second kappa shape index (κ2) is 8.55. The number of carbonyl (C=O) groups excluding carboxylic acids is 1. The molecular weight excluding hydrogens is 313 g/mol. The van der Waals surface area contributed by atoms with Crippen molar-refractivity contribution >= 4 is 6.09 Å². The molecule has 1 aromatic carbocycles. The van der Waals surface area contributed by atoms with Crippen LogP contribution < -0.4 is 10.1 Å². The molecule has 1 amide bonds. The summed E-state index contributed by atoms with van der Waals surface area (Å²) in [6.07, 6.45) is -1.04. The third-order valence-corrected chi connectivity index (χ3v) is 2.69. The Kier molecular flexibility index (Phi) is 7.05. The number of alkyl carbamates (subject to hydrolysis) is 1. The zero-order valence-corrected chi connectivity index (χ0v) is 14.6. The number of aliphatic hydroxyl groups excluding tert-OH is 1. The second-order valence-electron chi connectivity index (χ2n) is 6.39. The summed E-state index contributed by atoms with van der Waals surface area (Å²) >= 11 is 0. The molecule has 0 aliphatic carbocycles. The van der Waals surface area contributed by atoms with Gasteiger partial charge in [0.1, 0.15) is 23.3 Å². The summed E-state index contributed by atoms with van der Waals surface area (Å²) in [5.41, 5.74) is -0.121. The standard InChI is InChI=1S/C18H24FNO4/c1-12(20-17(22)24-18(3,4)5)6-7-14-8-9-15(19)10-16(14)23-13(2)11-21/h8-10,12-13,21H,11H2,1-5H3,(H,20,22)/t12-,13-/m0/s1. The molecular formula is C18H24FNO4. The van der Waals surface area contributed by atoms with Crippen LogP contribution in [0.2, 0.25) is 0 Å². The fraction of sp³-hybridized carbons (Fsp3) is 0.500. The van der Waals surface area contributed by atoms with E-state index in [4.69, 9.17) is 14.6 Å². The van der Waals surface area contributed by atoms with Gasteiger partial charge < -0.3 is 19.9 Å². The fourth-order valence-corrected chi connectivity index (χ4v) is 1.66. The van der Waals surface area contributed by atoms with Crippen LogP contribution >= 0.6 is 0 Å². The van der Waals surface area contributed by atoms with Crippen molar-refractivity contribution in [2.75, 3.05) is 6.61 Å². The summed E-state index contributed by atoms with van der Waals surface area (Å²) in [6, 6.07) is 3.50. The van der Waals surface area contributed by atoms with Crippen molar-refractivity contribution in [2.45, 2.75) is 52.4 Å². The quantitative estimate of drug-likeness (QED) is 0.829. The number of rotatable bonds is 4. The number of amides is 1. The van der Waals surface area contributed by atoms with Gasteiger partial charge in [-0.3, -0.25) is 0 Å². The molecule has 6 heteroatoms. The molecule has 0 aliphatic rings. The number of carbonyl (C=O) groups is 1. The Bertz CT molecular complexity index is 628. The van der Waals surface area contributed by atoms with E-state index in [0.29, 0.717) is 5.56 Å². The highest BCUT2D eigenvalue weighted by atomic mass is 19.1. The zero-order chi connectivity index (χ0) is 18.3. The maximum absolute atomic E-state index is 13.4. The lowest BCUT2D eigenvalue weighted by Gasteiger charge is -2.20. The first kappa shape index (κ1) is 19.8. The molecule has 0 radical (unpaired) electrons. The zero-order valence-electron chi connectivity index (χ0n) is 14.6. The molecule has 0 saturated heterocycles. The largest absolute Gasteiger partial charge is 0.487 e. The van der Waals surface area contributed by atoms with Crippen LogP contribution in [0.25, 0.3) is 0 Å². The van der Waals surface area contributed by atoms with Crippen molar-refractivity contribution in [3.05, 3.63) is 29.6 Å². The highest BCUT2D eigenvalue weighted by Crippen LogP contribution is 2.20. The fourth-order valence-electron chi connectivity index (χ4n) is 1.66. The van der Waals surface area contributed by atoms with E-state index in [1.807, 2.05) is 0 Å². The maximum atomic E-state index is 13.4. The Labute approximate surface area is 142 Å². The first-order valence-electron chi connectivity index (χ1n) is 7.69. The van der Waals surface area contributed by atoms with Crippen LogP contribution in [-0.2, 0) is 4.74 Å². The number of hydrogen-bond donors (Lipinski definition) is 2. The van der Waals surface area contributed by atoms with Gasteiger partial charge in [0.15, 0.2) is 0 Å². The minimum atomic E-state index is -0.588. The van der Waals surface area contributed by atoms with E-state index in [1.54, 1.807) is 34.6 Å². The van der Waals surface area contributed by atoms with Crippen LogP contribution in [0.4, 0.5) is 9.18 Å². The minimum absolute atomic E-state index is 0.194. The average molecular weight is 337 g/mol. The van der Waals surface area contributed by atoms with Gasteiger partial charge in [-0.25, -0.2) is 9.18 Å². The Morgan fingerprint density at radius 1 is 1.38 bits per heavy atom. The second-order valence-corrected chi connectivity index (χ2v) is 6.39. The van der Waals surface area contributed by atoms with Crippen LogP contribution in [0.3, 0.4) is 0 Å². The number of nitrogens with one attached hydrogen (secondary N) is 1. The van der Waals surface area contributed by atoms with E-state index < -0.39 is 29.7 Å². The smallest absolute Gasteiger partial charge is 0.408 e. The van der Waals surface area contributed by atoms with E-state index in [1.165, 1.54) is 18.2 Å². The van der Waals surface area contributed by atoms with Crippen molar-refractivity contribution in [2.24, 2.45) is 0 Å². The molecule has 132 valence electrons. The lowest BCUT2D eigenvalue weighted by Crippen LogP contribution is -2.37. The number of benzene rings is 1. The predicted molar refractivity (Wildman–Crippen MR) is 89.3 cm³/mol. The molecule has 5 nitrogen and oxygen atoms in total. The van der Waals surface area contributed by atoms with Crippen molar-refractivity contribution in [3.63, 3.8) is 0 Å². The Morgan fingerprint density at radius 3 is 2.62 bits per heavy atom.